The summed E-state index contributed by atoms with van der Waals surface area (Å²) in [4.78, 5) is 13.3. The summed E-state index contributed by atoms with van der Waals surface area (Å²) in [7, 11) is 3.74. The third kappa shape index (κ3) is 3.30. The van der Waals surface area contributed by atoms with Gasteiger partial charge in [-0.3, -0.25) is 9.48 Å². The Bertz CT molecular complexity index is 397. The lowest BCUT2D eigenvalue weighted by Crippen LogP contribution is -2.35. The van der Waals surface area contributed by atoms with Gasteiger partial charge in [0.15, 0.2) is 0 Å². The Labute approximate surface area is 103 Å². The fraction of sp³-hybridized carbons (Fsp3) is 0.667. The lowest BCUT2D eigenvalue weighted by atomic mass is 10.2. The minimum Gasteiger partial charge on any atom is -0.345 e. The van der Waals surface area contributed by atoms with E-state index in [0.717, 1.165) is 17.9 Å². The van der Waals surface area contributed by atoms with E-state index >= 15 is 0 Å². The first kappa shape index (κ1) is 13.7. The summed E-state index contributed by atoms with van der Waals surface area (Å²) in [6.45, 7) is 7.80. The number of carbonyl (C=O) groups excluding carboxylic acids is 1. The molecule has 0 atom stereocenters. The van der Waals surface area contributed by atoms with Crippen LogP contribution < -0.4 is 5.32 Å². The Morgan fingerprint density at radius 3 is 2.59 bits per heavy atom. The fourth-order valence-corrected chi connectivity index (χ4v) is 1.68. The summed E-state index contributed by atoms with van der Waals surface area (Å²) >= 11 is 0. The highest BCUT2D eigenvalue weighted by Gasteiger charge is 2.10. The van der Waals surface area contributed by atoms with E-state index in [1.807, 2.05) is 39.5 Å². The van der Waals surface area contributed by atoms with Gasteiger partial charge in [-0.1, -0.05) is 0 Å². The normalized spacial score (nSPS) is 10.6. The molecule has 5 heteroatoms. The highest BCUT2D eigenvalue weighted by atomic mass is 16.2. The molecule has 1 N–H and O–H groups in total. The lowest BCUT2D eigenvalue weighted by Gasteiger charge is -2.14. The summed E-state index contributed by atoms with van der Waals surface area (Å²) in [5.41, 5.74) is 3.35. The van der Waals surface area contributed by atoms with Crippen molar-refractivity contribution in [2.45, 2.75) is 27.3 Å². The van der Waals surface area contributed by atoms with Gasteiger partial charge in [0.05, 0.1) is 12.2 Å². The molecule has 1 aromatic rings. The number of likely N-dealkylation sites (N-methyl/N-ethyl adjacent to an activating group) is 1. The molecule has 17 heavy (non-hydrogen) atoms. The van der Waals surface area contributed by atoms with Crippen molar-refractivity contribution in [1.82, 2.24) is 20.0 Å². The molecule has 0 aliphatic heterocycles. The molecule has 96 valence electrons. The first-order valence-electron chi connectivity index (χ1n) is 5.91. The number of hydrogen-bond acceptors (Lipinski definition) is 3. The van der Waals surface area contributed by atoms with E-state index in [2.05, 4.69) is 10.4 Å². The van der Waals surface area contributed by atoms with Gasteiger partial charge in [-0.2, -0.15) is 5.10 Å². The summed E-state index contributed by atoms with van der Waals surface area (Å²) in [5, 5.41) is 7.51. The summed E-state index contributed by atoms with van der Waals surface area (Å²) < 4.78 is 1.87. The maximum Gasteiger partial charge on any atom is 0.236 e. The number of rotatable bonds is 5. The molecule has 0 saturated carbocycles. The number of amides is 1. The van der Waals surface area contributed by atoms with E-state index in [0.29, 0.717) is 13.1 Å². The number of hydrogen-bond donors (Lipinski definition) is 1. The molecule has 1 rings (SSSR count). The average molecular weight is 238 g/mol. The Morgan fingerprint density at radius 1 is 1.47 bits per heavy atom. The fourth-order valence-electron chi connectivity index (χ4n) is 1.68. The molecule has 0 saturated heterocycles. The maximum atomic E-state index is 11.6. The van der Waals surface area contributed by atoms with Crippen LogP contribution in [0, 0.1) is 13.8 Å². The summed E-state index contributed by atoms with van der Waals surface area (Å²) in [6.07, 6.45) is 0. The van der Waals surface area contributed by atoms with E-state index < -0.39 is 0 Å². The van der Waals surface area contributed by atoms with Gasteiger partial charge in [-0.05, 0) is 20.8 Å². The molecule has 1 amide bonds. The van der Waals surface area contributed by atoms with Crippen LogP contribution >= 0.6 is 0 Å². The molecule has 0 aliphatic rings. The molecule has 1 heterocycles. The Balaban J connectivity index is 2.49. The van der Waals surface area contributed by atoms with Gasteiger partial charge < -0.3 is 10.2 Å². The molecule has 0 radical (unpaired) electrons. The maximum absolute atomic E-state index is 11.6. The van der Waals surface area contributed by atoms with Crippen LogP contribution in [0.5, 0.6) is 0 Å². The van der Waals surface area contributed by atoms with Gasteiger partial charge in [0.25, 0.3) is 0 Å². The number of nitrogens with one attached hydrogen (secondary N) is 1. The molecule has 0 aliphatic carbocycles. The Hall–Kier alpha value is -1.36. The molecule has 1 aromatic heterocycles. The van der Waals surface area contributed by atoms with Crippen molar-refractivity contribution in [3.63, 3.8) is 0 Å². The van der Waals surface area contributed by atoms with E-state index in [1.165, 1.54) is 5.56 Å². The van der Waals surface area contributed by atoms with Crippen LogP contribution in [0.3, 0.4) is 0 Å². The summed E-state index contributed by atoms with van der Waals surface area (Å²) in [6, 6.07) is 0. The van der Waals surface area contributed by atoms with Crippen LogP contribution in [0.1, 0.15) is 23.9 Å². The molecule has 0 aromatic carbocycles. The second-order valence-corrected chi connectivity index (χ2v) is 4.28. The van der Waals surface area contributed by atoms with Crippen LogP contribution in [0.25, 0.3) is 0 Å². The van der Waals surface area contributed by atoms with Crippen molar-refractivity contribution in [3.05, 3.63) is 17.0 Å². The van der Waals surface area contributed by atoms with Crippen LogP contribution in [0.4, 0.5) is 0 Å². The first-order chi connectivity index (χ1) is 7.97. The van der Waals surface area contributed by atoms with Crippen molar-refractivity contribution >= 4 is 5.91 Å². The van der Waals surface area contributed by atoms with Crippen LogP contribution in [-0.4, -0.2) is 40.7 Å². The van der Waals surface area contributed by atoms with Crippen molar-refractivity contribution in [1.29, 1.82) is 0 Å². The third-order valence-electron chi connectivity index (χ3n) is 3.14. The topological polar surface area (TPSA) is 50.2 Å². The smallest absolute Gasteiger partial charge is 0.236 e. The van der Waals surface area contributed by atoms with Gasteiger partial charge in [-0.25, -0.2) is 0 Å². The average Bonchev–Trinajstić information content (AvgIpc) is 2.54. The molecule has 0 unspecified atom stereocenters. The van der Waals surface area contributed by atoms with Gasteiger partial charge in [0, 0.05) is 38.4 Å². The molecular weight excluding hydrogens is 216 g/mol. The third-order valence-corrected chi connectivity index (χ3v) is 3.14. The van der Waals surface area contributed by atoms with Crippen LogP contribution in [0.2, 0.25) is 0 Å². The SMILES string of the molecule is CCN(C)C(=O)CNCc1c(C)nn(C)c1C. The second kappa shape index (κ2) is 5.82. The number of nitrogens with zero attached hydrogens (tertiary/aromatic N) is 3. The van der Waals surface area contributed by atoms with Gasteiger partial charge in [0.1, 0.15) is 0 Å². The van der Waals surface area contributed by atoms with Crippen molar-refractivity contribution in [3.8, 4) is 0 Å². The minimum atomic E-state index is 0.117. The van der Waals surface area contributed by atoms with Crippen LogP contribution in [-0.2, 0) is 18.4 Å². The van der Waals surface area contributed by atoms with E-state index in [4.69, 9.17) is 0 Å². The number of aromatic nitrogens is 2. The van der Waals surface area contributed by atoms with Gasteiger partial charge in [-0.15, -0.1) is 0 Å². The number of carbonyl (C=O) groups is 1. The van der Waals surface area contributed by atoms with Crippen molar-refractivity contribution < 1.29 is 4.79 Å². The minimum absolute atomic E-state index is 0.117. The Kier molecular flexibility index (Phi) is 4.69. The van der Waals surface area contributed by atoms with Gasteiger partial charge >= 0.3 is 0 Å². The van der Waals surface area contributed by atoms with E-state index in [9.17, 15) is 4.79 Å². The van der Waals surface area contributed by atoms with E-state index in [-0.39, 0.29) is 5.91 Å². The standard InChI is InChI=1S/C12H22N4O/c1-6-15(4)12(17)8-13-7-11-9(2)14-16(5)10(11)3/h13H,6-8H2,1-5H3. The molecule has 0 fully saturated rings. The zero-order chi connectivity index (χ0) is 13.0. The lowest BCUT2D eigenvalue weighted by molar-refractivity contribution is -0.128. The highest BCUT2D eigenvalue weighted by molar-refractivity contribution is 5.77. The summed E-state index contributed by atoms with van der Waals surface area (Å²) in [5.74, 6) is 0.117. The monoisotopic (exact) mass is 238 g/mol. The molecular formula is C12H22N4O. The Morgan fingerprint density at radius 2 is 2.12 bits per heavy atom. The predicted molar refractivity (Wildman–Crippen MR) is 67.7 cm³/mol. The van der Waals surface area contributed by atoms with Crippen molar-refractivity contribution in [2.75, 3.05) is 20.1 Å². The second-order valence-electron chi connectivity index (χ2n) is 4.28. The largest absolute Gasteiger partial charge is 0.345 e. The number of aryl methyl sites for hydroxylation is 2. The van der Waals surface area contributed by atoms with E-state index in [1.54, 1.807) is 4.90 Å². The first-order valence-corrected chi connectivity index (χ1v) is 5.91. The predicted octanol–water partition coefficient (Wildman–Crippen LogP) is 0.605. The zero-order valence-corrected chi connectivity index (χ0v) is 11.4. The van der Waals surface area contributed by atoms with Crippen molar-refractivity contribution in [2.24, 2.45) is 7.05 Å². The zero-order valence-electron chi connectivity index (χ0n) is 11.4. The van der Waals surface area contributed by atoms with Crippen LogP contribution in [0.15, 0.2) is 0 Å². The van der Waals surface area contributed by atoms with Gasteiger partial charge in [0.2, 0.25) is 5.91 Å². The highest BCUT2D eigenvalue weighted by Crippen LogP contribution is 2.10. The quantitative estimate of drug-likeness (QED) is 0.817. The molecule has 0 spiro atoms. The molecule has 5 nitrogen and oxygen atoms in total. The molecule has 0 bridgehead atoms.